The van der Waals surface area contributed by atoms with Gasteiger partial charge in [0.2, 0.25) is 17.6 Å². The van der Waals surface area contributed by atoms with Crippen molar-refractivity contribution in [3.8, 4) is 22.9 Å². The second-order valence-electron chi connectivity index (χ2n) is 8.34. The van der Waals surface area contributed by atoms with E-state index in [1.807, 2.05) is 79.7 Å². The van der Waals surface area contributed by atoms with Gasteiger partial charge in [-0.05, 0) is 54.4 Å². The van der Waals surface area contributed by atoms with Crippen molar-refractivity contribution < 1.29 is 18.8 Å². The highest BCUT2D eigenvalue weighted by molar-refractivity contribution is 5.97. The summed E-state index contributed by atoms with van der Waals surface area (Å²) in [6.07, 6.45) is 0.311. The number of hydrogen-bond acceptors (Lipinski definition) is 6. The first-order chi connectivity index (χ1) is 16.6. The van der Waals surface area contributed by atoms with E-state index in [-0.39, 0.29) is 11.8 Å². The lowest BCUT2D eigenvalue weighted by Crippen LogP contribution is -2.25. The van der Waals surface area contributed by atoms with Crippen LogP contribution in [0.3, 0.4) is 0 Å². The molecule has 0 radical (unpaired) electrons. The standard InChI is InChI=1S/C27H25N3O4/c1-18-8-13-24(32-2)23(14-18)30-16-21(15-25(30)31)27-28-26(29-34-27)20-9-11-22(12-10-20)33-17-19-6-4-3-5-7-19/h3-14,21H,15-17H2,1-2H3. The highest BCUT2D eigenvalue weighted by Crippen LogP contribution is 2.37. The Balaban J connectivity index is 1.27. The first kappa shape index (κ1) is 21.7. The van der Waals surface area contributed by atoms with E-state index in [0.717, 1.165) is 28.1 Å². The highest BCUT2D eigenvalue weighted by Gasteiger charge is 2.36. The SMILES string of the molecule is COc1ccc(C)cc1N1CC(c2nc(-c3ccc(OCc4ccccc4)cc3)no2)CC1=O. The molecule has 172 valence electrons. The summed E-state index contributed by atoms with van der Waals surface area (Å²) >= 11 is 0. The van der Waals surface area contributed by atoms with Crippen LogP contribution in [0.25, 0.3) is 11.4 Å². The normalized spacial score (nSPS) is 15.5. The van der Waals surface area contributed by atoms with E-state index in [1.165, 1.54) is 0 Å². The summed E-state index contributed by atoms with van der Waals surface area (Å²) in [5, 5.41) is 4.14. The molecule has 1 aliphatic rings. The van der Waals surface area contributed by atoms with Crippen LogP contribution in [0.15, 0.2) is 77.3 Å². The zero-order valence-electron chi connectivity index (χ0n) is 19.1. The Labute approximate surface area is 197 Å². The first-order valence-electron chi connectivity index (χ1n) is 11.2. The minimum Gasteiger partial charge on any atom is -0.495 e. The molecule has 0 aliphatic carbocycles. The monoisotopic (exact) mass is 455 g/mol. The van der Waals surface area contributed by atoms with Crippen molar-refractivity contribution in [1.29, 1.82) is 0 Å². The predicted molar refractivity (Wildman–Crippen MR) is 128 cm³/mol. The van der Waals surface area contributed by atoms with Gasteiger partial charge < -0.3 is 18.9 Å². The van der Waals surface area contributed by atoms with Gasteiger partial charge in [0, 0.05) is 18.5 Å². The Hall–Kier alpha value is -4.13. The fourth-order valence-electron chi connectivity index (χ4n) is 4.08. The molecular formula is C27H25N3O4. The highest BCUT2D eigenvalue weighted by atomic mass is 16.5. The minimum absolute atomic E-state index is 0.00793. The summed E-state index contributed by atoms with van der Waals surface area (Å²) in [5.74, 6) is 2.22. The van der Waals surface area contributed by atoms with Crippen LogP contribution in [-0.2, 0) is 11.4 Å². The maximum atomic E-state index is 12.8. The van der Waals surface area contributed by atoms with Gasteiger partial charge in [0.05, 0.1) is 18.7 Å². The van der Waals surface area contributed by atoms with Gasteiger partial charge in [-0.1, -0.05) is 41.6 Å². The van der Waals surface area contributed by atoms with Gasteiger partial charge in [-0.15, -0.1) is 0 Å². The molecule has 0 saturated carbocycles. The molecule has 1 atom stereocenters. The third-order valence-corrected chi connectivity index (χ3v) is 5.90. The summed E-state index contributed by atoms with van der Waals surface area (Å²) in [4.78, 5) is 19.1. The minimum atomic E-state index is -0.174. The molecule has 1 unspecified atom stereocenters. The largest absolute Gasteiger partial charge is 0.495 e. The van der Waals surface area contributed by atoms with E-state index in [0.29, 0.717) is 37.0 Å². The summed E-state index contributed by atoms with van der Waals surface area (Å²) in [6, 6.07) is 23.4. The fourth-order valence-corrected chi connectivity index (χ4v) is 4.08. The van der Waals surface area contributed by atoms with Gasteiger partial charge in [-0.2, -0.15) is 4.98 Å². The first-order valence-corrected chi connectivity index (χ1v) is 11.2. The molecule has 1 aliphatic heterocycles. The van der Waals surface area contributed by atoms with E-state index in [1.54, 1.807) is 12.0 Å². The zero-order chi connectivity index (χ0) is 23.5. The fraction of sp³-hybridized carbons (Fsp3) is 0.222. The number of benzene rings is 3. The predicted octanol–water partition coefficient (Wildman–Crippen LogP) is 5.15. The molecule has 7 heteroatoms. The lowest BCUT2D eigenvalue weighted by molar-refractivity contribution is -0.117. The second kappa shape index (κ2) is 9.39. The number of amides is 1. The molecule has 0 spiro atoms. The third-order valence-electron chi connectivity index (χ3n) is 5.90. The van der Waals surface area contributed by atoms with Crippen LogP contribution in [0.2, 0.25) is 0 Å². The molecule has 34 heavy (non-hydrogen) atoms. The molecule has 5 rings (SSSR count). The molecule has 0 bridgehead atoms. The Morgan fingerprint density at radius 1 is 1.06 bits per heavy atom. The van der Waals surface area contributed by atoms with E-state index in [9.17, 15) is 4.79 Å². The molecule has 1 fully saturated rings. The number of hydrogen-bond donors (Lipinski definition) is 0. The second-order valence-corrected chi connectivity index (χ2v) is 8.34. The van der Waals surface area contributed by atoms with Crippen LogP contribution >= 0.6 is 0 Å². The van der Waals surface area contributed by atoms with Crippen molar-refractivity contribution >= 4 is 11.6 Å². The van der Waals surface area contributed by atoms with E-state index < -0.39 is 0 Å². The van der Waals surface area contributed by atoms with Gasteiger partial charge in [-0.25, -0.2) is 0 Å². The lowest BCUT2D eigenvalue weighted by Gasteiger charge is -2.19. The van der Waals surface area contributed by atoms with E-state index >= 15 is 0 Å². The van der Waals surface area contributed by atoms with Crippen molar-refractivity contribution in [3.63, 3.8) is 0 Å². The van der Waals surface area contributed by atoms with Gasteiger partial charge in [0.1, 0.15) is 18.1 Å². The summed E-state index contributed by atoms with van der Waals surface area (Å²) in [5.41, 5.74) is 3.76. The number of carbonyl (C=O) groups excluding carboxylic acids is 1. The lowest BCUT2D eigenvalue weighted by atomic mass is 10.1. The number of carbonyl (C=O) groups is 1. The van der Waals surface area contributed by atoms with Crippen LogP contribution < -0.4 is 14.4 Å². The molecule has 3 aromatic carbocycles. The Bertz CT molecular complexity index is 1280. The van der Waals surface area contributed by atoms with Gasteiger partial charge >= 0.3 is 0 Å². The maximum absolute atomic E-state index is 12.8. The van der Waals surface area contributed by atoms with Crippen LogP contribution in [0.5, 0.6) is 11.5 Å². The topological polar surface area (TPSA) is 77.7 Å². The Morgan fingerprint density at radius 2 is 1.85 bits per heavy atom. The Kier molecular flexibility index (Phi) is 5.99. The summed E-state index contributed by atoms with van der Waals surface area (Å²) < 4.78 is 16.9. The number of rotatable bonds is 7. The van der Waals surface area contributed by atoms with Gasteiger partial charge in [0.25, 0.3) is 0 Å². The maximum Gasteiger partial charge on any atom is 0.232 e. The smallest absolute Gasteiger partial charge is 0.232 e. The molecule has 7 nitrogen and oxygen atoms in total. The van der Waals surface area contributed by atoms with Crippen molar-refractivity contribution in [1.82, 2.24) is 10.1 Å². The molecule has 1 saturated heterocycles. The Morgan fingerprint density at radius 3 is 2.62 bits per heavy atom. The van der Waals surface area contributed by atoms with Crippen molar-refractivity contribution in [2.75, 3.05) is 18.6 Å². The third kappa shape index (κ3) is 4.50. The number of nitrogens with zero attached hydrogens (tertiary/aromatic N) is 3. The van der Waals surface area contributed by atoms with Crippen molar-refractivity contribution in [3.05, 3.63) is 89.8 Å². The number of ether oxygens (including phenoxy) is 2. The molecular weight excluding hydrogens is 430 g/mol. The summed E-state index contributed by atoms with van der Waals surface area (Å²) in [7, 11) is 1.61. The molecule has 0 N–H and O–H groups in total. The number of methoxy groups -OCH3 is 1. The van der Waals surface area contributed by atoms with Gasteiger partial charge in [-0.3, -0.25) is 4.79 Å². The number of aromatic nitrogens is 2. The van der Waals surface area contributed by atoms with E-state index in [4.69, 9.17) is 14.0 Å². The molecule has 1 amide bonds. The van der Waals surface area contributed by atoms with Crippen LogP contribution in [0, 0.1) is 6.92 Å². The molecule has 4 aromatic rings. The zero-order valence-corrected chi connectivity index (χ0v) is 19.1. The van der Waals surface area contributed by atoms with Crippen molar-refractivity contribution in [2.45, 2.75) is 25.9 Å². The average Bonchev–Trinajstić information content (AvgIpc) is 3.51. The van der Waals surface area contributed by atoms with Crippen molar-refractivity contribution in [2.24, 2.45) is 0 Å². The van der Waals surface area contributed by atoms with Crippen LogP contribution in [0.4, 0.5) is 5.69 Å². The number of aryl methyl sites for hydroxylation is 1. The molecule has 2 heterocycles. The summed E-state index contributed by atoms with van der Waals surface area (Å²) in [6.45, 7) is 2.96. The quantitative estimate of drug-likeness (QED) is 0.383. The molecule has 1 aromatic heterocycles. The van der Waals surface area contributed by atoms with Crippen LogP contribution in [0.1, 0.15) is 29.4 Å². The van der Waals surface area contributed by atoms with E-state index in [2.05, 4.69) is 10.1 Å². The average molecular weight is 456 g/mol. The van der Waals surface area contributed by atoms with Gasteiger partial charge in [0.15, 0.2) is 0 Å². The number of anilines is 1. The van der Waals surface area contributed by atoms with Crippen LogP contribution in [-0.4, -0.2) is 29.7 Å².